The molecule has 0 atom stereocenters. The maximum absolute atomic E-state index is 11.5. The fourth-order valence-electron chi connectivity index (χ4n) is 2.78. The smallest absolute Gasteiger partial charge is 0.239 e. The molecule has 3 heterocycles. The van der Waals surface area contributed by atoms with E-state index in [-0.39, 0.29) is 5.91 Å². The number of carbonyl (C=O) groups excluding carboxylic acids is 1. The molecule has 1 fully saturated rings. The third-order valence-corrected chi connectivity index (χ3v) is 4.01. The minimum Gasteiger partial charge on any atom is -0.361 e. The predicted octanol–water partition coefficient (Wildman–Crippen LogP) is 1.56. The molecular formula is C17H17N5O3. The number of nitrogens with one attached hydrogen (secondary N) is 1. The van der Waals surface area contributed by atoms with Gasteiger partial charge in [-0.25, -0.2) is 0 Å². The van der Waals surface area contributed by atoms with E-state index < -0.39 is 0 Å². The molecule has 1 N–H and O–H groups in total. The zero-order chi connectivity index (χ0) is 17.2. The summed E-state index contributed by atoms with van der Waals surface area (Å²) in [6.45, 7) is 3.68. The van der Waals surface area contributed by atoms with Gasteiger partial charge < -0.3 is 19.3 Å². The first-order chi connectivity index (χ1) is 12.2. The largest absolute Gasteiger partial charge is 0.361 e. The number of amides is 1. The van der Waals surface area contributed by atoms with Crippen molar-refractivity contribution in [1.29, 1.82) is 0 Å². The second kappa shape index (κ2) is 6.39. The number of hydrogen-bond donors (Lipinski definition) is 1. The molecule has 128 valence electrons. The van der Waals surface area contributed by atoms with Crippen molar-refractivity contribution in [3.8, 4) is 11.4 Å². The van der Waals surface area contributed by atoms with E-state index >= 15 is 0 Å². The van der Waals surface area contributed by atoms with Crippen LogP contribution in [0.2, 0.25) is 0 Å². The van der Waals surface area contributed by atoms with Crippen LogP contribution in [0.4, 0.5) is 5.69 Å². The lowest BCUT2D eigenvalue weighted by Crippen LogP contribution is -2.47. The predicted molar refractivity (Wildman–Crippen MR) is 89.0 cm³/mol. The van der Waals surface area contributed by atoms with Gasteiger partial charge in [-0.3, -0.25) is 4.79 Å². The quantitative estimate of drug-likeness (QED) is 0.770. The molecule has 0 unspecified atom stereocenters. The summed E-state index contributed by atoms with van der Waals surface area (Å²) in [5, 5.41) is 10.8. The van der Waals surface area contributed by atoms with Crippen LogP contribution in [0.5, 0.6) is 0 Å². The Labute approximate surface area is 143 Å². The van der Waals surface area contributed by atoms with Crippen molar-refractivity contribution in [3.05, 3.63) is 47.7 Å². The monoisotopic (exact) mass is 339 g/mol. The Hall–Kier alpha value is -3.16. The Kier molecular flexibility index (Phi) is 3.93. The number of aromatic nitrogens is 3. The van der Waals surface area contributed by atoms with Crippen molar-refractivity contribution in [2.45, 2.75) is 13.3 Å². The van der Waals surface area contributed by atoms with Crippen LogP contribution in [-0.4, -0.2) is 40.8 Å². The number of anilines is 1. The molecule has 1 saturated heterocycles. The third kappa shape index (κ3) is 3.37. The Morgan fingerprint density at radius 2 is 2.04 bits per heavy atom. The van der Waals surface area contributed by atoms with Crippen molar-refractivity contribution in [2.24, 2.45) is 0 Å². The summed E-state index contributed by atoms with van der Waals surface area (Å²) in [5.74, 6) is 1.80. The number of nitrogens with zero attached hydrogens (tertiary/aromatic N) is 4. The molecule has 0 radical (unpaired) electrons. The van der Waals surface area contributed by atoms with Gasteiger partial charge in [-0.1, -0.05) is 10.3 Å². The molecule has 1 aliphatic rings. The van der Waals surface area contributed by atoms with Crippen LogP contribution in [0.15, 0.2) is 39.4 Å². The molecule has 1 amide bonds. The molecule has 25 heavy (non-hydrogen) atoms. The minimum absolute atomic E-state index is 0.0428. The van der Waals surface area contributed by atoms with Crippen LogP contribution in [0, 0.1) is 6.92 Å². The number of benzene rings is 1. The van der Waals surface area contributed by atoms with E-state index in [1.807, 2.05) is 42.2 Å². The molecule has 0 spiro atoms. The average molecular weight is 339 g/mol. The summed E-state index contributed by atoms with van der Waals surface area (Å²) < 4.78 is 10.3. The highest BCUT2D eigenvalue weighted by Gasteiger charge is 2.17. The number of aryl methyl sites for hydroxylation is 1. The maximum atomic E-state index is 11.5. The van der Waals surface area contributed by atoms with Crippen LogP contribution in [0.1, 0.15) is 17.3 Å². The van der Waals surface area contributed by atoms with Crippen LogP contribution in [0.3, 0.4) is 0 Å². The molecule has 1 aromatic carbocycles. The van der Waals surface area contributed by atoms with Gasteiger partial charge in [0.25, 0.3) is 0 Å². The van der Waals surface area contributed by atoms with E-state index in [4.69, 9.17) is 9.05 Å². The van der Waals surface area contributed by atoms with E-state index in [2.05, 4.69) is 20.6 Å². The number of piperazine rings is 1. The number of hydrogen-bond acceptors (Lipinski definition) is 7. The van der Waals surface area contributed by atoms with Gasteiger partial charge in [-0.05, 0) is 31.2 Å². The van der Waals surface area contributed by atoms with Crippen molar-refractivity contribution >= 4 is 11.6 Å². The second-order valence-corrected chi connectivity index (χ2v) is 5.94. The zero-order valence-electron chi connectivity index (χ0n) is 13.7. The molecule has 0 aliphatic carbocycles. The lowest BCUT2D eigenvalue weighted by molar-refractivity contribution is -0.120. The second-order valence-electron chi connectivity index (χ2n) is 5.94. The SMILES string of the molecule is Cc1cc(Cc2nc(-c3ccc(N4CCNC(=O)C4)cc3)no2)no1. The Balaban J connectivity index is 1.47. The summed E-state index contributed by atoms with van der Waals surface area (Å²) in [6.07, 6.45) is 0.436. The average Bonchev–Trinajstić information content (AvgIpc) is 3.25. The number of rotatable bonds is 4. The first-order valence-corrected chi connectivity index (χ1v) is 8.04. The fraction of sp³-hybridized carbons (Fsp3) is 0.294. The molecular weight excluding hydrogens is 322 g/mol. The van der Waals surface area contributed by atoms with Crippen LogP contribution < -0.4 is 10.2 Å². The highest BCUT2D eigenvalue weighted by atomic mass is 16.5. The molecule has 8 nitrogen and oxygen atoms in total. The molecule has 8 heteroatoms. The van der Waals surface area contributed by atoms with Crippen LogP contribution in [0.25, 0.3) is 11.4 Å². The first-order valence-electron chi connectivity index (χ1n) is 8.04. The molecule has 1 aliphatic heterocycles. The maximum Gasteiger partial charge on any atom is 0.239 e. The third-order valence-electron chi connectivity index (χ3n) is 4.01. The summed E-state index contributed by atoms with van der Waals surface area (Å²) in [6, 6.07) is 9.62. The van der Waals surface area contributed by atoms with Crippen LogP contribution in [-0.2, 0) is 11.2 Å². The van der Waals surface area contributed by atoms with Gasteiger partial charge >= 0.3 is 0 Å². The first kappa shape index (κ1) is 15.4. The fourth-order valence-corrected chi connectivity index (χ4v) is 2.78. The molecule has 3 aromatic rings. The summed E-state index contributed by atoms with van der Waals surface area (Å²) >= 11 is 0. The Morgan fingerprint density at radius 1 is 1.20 bits per heavy atom. The van der Waals surface area contributed by atoms with Gasteiger partial charge in [0.05, 0.1) is 18.7 Å². The molecule has 4 rings (SSSR count). The van der Waals surface area contributed by atoms with Crippen LogP contribution >= 0.6 is 0 Å². The minimum atomic E-state index is 0.0428. The topological polar surface area (TPSA) is 97.3 Å². The molecule has 0 bridgehead atoms. The van der Waals surface area contributed by atoms with Gasteiger partial charge in [0.2, 0.25) is 17.6 Å². The highest BCUT2D eigenvalue weighted by Crippen LogP contribution is 2.22. The van der Waals surface area contributed by atoms with Gasteiger partial charge in [0, 0.05) is 30.4 Å². The van der Waals surface area contributed by atoms with E-state index in [0.717, 1.165) is 29.2 Å². The van der Waals surface area contributed by atoms with Gasteiger partial charge in [0.15, 0.2) is 0 Å². The van der Waals surface area contributed by atoms with E-state index in [1.54, 1.807) is 0 Å². The normalized spacial score (nSPS) is 14.6. The highest BCUT2D eigenvalue weighted by molar-refractivity contribution is 5.82. The van der Waals surface area contributed by atoms with Gasteiger partial charge in [-0.15, -0.1) is 0 Å². The summed E-state index contributed by atoms with van der Waals surface area (Å²) in [4.78, 5) is 17.9. The van der Waals surface area contributed by atoms with Gasteiger partial charge in [-0.2, -0.15) is 4.98 Å². The summed E-state index contributed by atoms with van der Waals surface area (Å²) in [5.41, 5.74) is 2.61. The van der Waals surface area contributed by atoms with Gasteiger partial charge in [0.1, 0.15) is 5.76 Å². The molecule has 2 aromatic heterocycles. The lowest BCUT2D eigenvalue weighted by atomic mass is 10.1. The standard InChI is InChI=1S/C17H17N5O3/c1-11-8-13(20-24-11)9-16-19-17(21-25-16)12-2-4-14(5-3-12)22-7-6-18-15(23)10-22/h2-5,8H,6-7,9-10H2,1H3,(H,18,23). The van der Waals surface area contributed by atoms with E-state index in [1.165, 1.54) is 0 Å². The summed E-state index contributed by atoms with van der Waals surface area (Å²) in [7, 11) is 0. The van der Waals surface area contributed by atoms with Crippen molar-refractivity contribution in [1.82, 2.24) is 20.6 Å². The van der Waals surface area contributed by atoms with E-state index in [9.17, 15) is 4.79 Å². The van der Waals surface area contributed by atoms with Crippen molar-refractivity contribution in [2.75, 3.05) is 24.5 Å². The number of carbonyl (C=O) groups is 1. The zero-order valence-corrected chi connectivity index (χ0v) is 13.7. The Bertz CT molecular complexity index is 884. The lowest BCUT2D eigenvalue weighted by Gasteiger charge is -2.28. The van der Waals surface area contributed by atoms with E-state index in [0.29, 0.717) is 31.2 Å². The molecule has 0 saturated carbocycles. The van der Waals surface area contributed by atoms with Crippen molar-refractivity contribution in [3.63, 3.8) is 0 Å². The Morgan fingerprint density at radius 3 is 2.76 bits per heavy atom. The van der Waals surface area contributed by atoms with Crippen molar-refractivity contribution < 1.29 is 13.8 Å².